The molecule has 0 saturated heterocycles. The summed E-state index contributed by atoms with van der Waals surface area (Å²) in [5.41, 5.74) is 1.00. The van der Waals surface area contributed by atoms with E-state index in [1.165, 1.54) is 57.8 Å². The van der Waals surface area contributed by atoms with Gasteiger partial charge in [0.2, 0.25) is 0 Å². The summed E-state index contributed by atoms with van der Waals surface area (Å²) < 4.78 is 0. The van der Waals surface area contributed by atoms with Crippen LogP contribution in [-0.2, 0) is 4.79 Å². The average molecular weight is 407 g/mol. The second-order valence-corrected chi connectivity index (χ2v) is 5.57. The van der Waals surface area contributed by atoms with E-state index in [9.17, 15) is 4.79 Å². The van der Waals surface area contributed by atoms with Crippen LogP contribution in [0.5, 0.6) is 0 Å². The Bertz CT molecular complexity index is 261. The second-order valence-electron chi connectivity index (χ2n) is 5.00. The van der Waals surface area contributed by atoms with Gasteiger partial charge in [-0.25, -0.2) is 0 Å². The molecule has 0 aromatic heterocycles. The van der Waals surface area contributed by atoms with Gasteiger partial charge < -0.3 is 15.3 Å². The Morgan fingerprint density at radius 1 is 0.720 bits per heavy atom. The minimum Gasteiger partial charge on any atom is -0.870 e. The van der Waals surface area contributed by atoms with Crippen molar-refractivity contribution in [2.75, 3.05) is 0 Å². The van der Waals surface area contributed by atoms with Crippen LogP contribution in [0.4, 0.5) is 0 Å². The van der Waals surface area contributed by atoms with E-state index in [4.69, 9.17) is 22.2 Å². The molecule has 0 N–H and O–H groups in total. The Labute approximate surface area is 170 Å². The fourth-order valence-electron chi connectivity index (χ4n) is 1.95. The number of rotatable bonds is 12. The van der Waals surface area contributed by atoms with E-state index in [1.807, 2.05) is 0 Å². The van der Waals surface area contributed by atoms with Gasteiger partial charge in [0.1, 0.15) is 0 Å². The number of thiocarbonyl (C=S) groups is 3. The first kappa shape index (κ1) is 32.0. The molecule has 0 radical (unpaired) electrons. The van der Waals surface area contributed by atoms with Gasteiger partial charge in [-0.3, -0.25) is 0 Å². The zero-order chi connectivity index (χ0) is 20.2. The van der Waals surface area contributed by atoms with E-state index in [0.717, 1.165) is 12.8 Å². The standard InChI is InChI=1S/C15H27O.3CH2OS/c1-3-4-5-6-7-8-9-10-11-12-13-14-15(2)16;3*2-1-3/h3-14H2,1H3;3*1H,(H,2,3)/q+3;;;/p-3. The number of unbranched alkanes of at least 4 members (excludes halogenated alkanes) is 10. The van der Waals surface area contributed by atoms with E-state index in [0.29, 0.717) is 23.1 Å². The maximum absolute atomic E-state index is 10.4. The van der Waals surface area contributed by atoms with Crippen LogP contribution in [0.2, 0.25) is 0 Å². The van der Waals surface area contributed by atoms with Gasteiger partial charge >= 0.3 is 88.1 Å². The van der Waals surface area contributed by atoms with Crippen molar-refractivity contribution in [3.05, 3.63) is 6.92 Å². The Balaban J connectivity index is -0.000000204. The third-order valence-electron chi connectivity index (χ3n) is 3.01. The van der Waals surface area contributed by atoms with E-state index in [-0.39, 0.29) is 0 Å². The third-order valence-corrected chi connectivity index (χ3v) is 3.01. The molecule has 0 spiro atoms. The SMILES string of the molecule is [C+3]C(=O)CCCCCCCCCCCCC.[O-]C=S.[O-]C=S.[O-]C=S. The molecule has 0 rings (SSSR count). The third kappa shape index (κ3) is 69.8. The quantitative estimate of drug-likeness (QED) is 0.364. The predicted molar refractivity (Wildman–Crippen MR) is 110 cm³/mol. The van der Waals surface area contributed by atoms with E-state index < -0.39 is 5.78 Å². The molecule has 0 aromatic carbocycles. The van der Waals surface area contributed by atoms with Crippen LogP contribution in [-0.4, -0.2) is 22.4 Å². The smallest absolute Gasteiger partial charge is 0.870 e. The van der Waals surface area contributed by atoms with Crippen LogP contribution in [0.3, 0.4) is 0 Å². The molecule has 0 aliphatic heterocycles. The van der Waals surface area contributed by atoms with Crippen LogP contribution in [0.15, 0.2) is 0 Å². The number of ketones is 1. The summed E-state index contributed by atoms with van der Waals surface area (Å²) in [5, 5.41) is 25.9. The molecule has 144 valence electrons. The monoisotopic (exact) mass is 406 g/mol. The van der Waals surface area contributed by atoms with Gasteiger partial charge in [0, 0.05) is 0 Å². The summed E-state index contributed by atoms with van der Waals surface area (Å²) in [6, 6.07) is 0. The van der Waals surface area contributed by atoms with Crippen LogP contribution in [0.25, 0.3) is 0 Å². The van der Waals surface area contributed by atoms with Crippen LogP contribution in [0.1, 0.15) is 84.0 Å². The van der Waals surface area contributed by atoms with Gasteiger partial charge in [-0.1, -0.05) is 30.0 Å². The first-order valence-corrected chi connectivity index (χ1v) is 9.84. The molecule has 0 aliphatic carbocycles. The molecule has 7 heteroatoms. The molecule has 0 heterocycles. The zero-order valence-corrected chi connectivity index (χ0v) is 17.5. The minimum atomic E-state index is -0.407. The van der Waals surface area contributed by atoms with Crippen LogP contribution < -0.4 is 15.3 Å². The Morgan fingerprint density at radius 2 is 0.960 bits per heavy atom. The van der Waals surface area contributed by atoms with Crippen LogP contribution >= 0.6 is 36.7 Å². The van der Waals surface area contributed by atoms with Crippen molar-refractivity contribution in [1.82, 2.24) is 0 Å². The van der Waals surface area contributed by atoms with E-state index in [2.05, 4.69) is 43.6 Å². The first-order valence-electron chi connectivity index (χ1n) is 8.43. The summed E-state index contributed by atoms with van der Waals surface area (Å²) in [5.74, 6) is -0.407. The van der Waals surface area contributed by atoms with Gasteiger partial charge in [0.05, 0.1) is 0 Å². The fraction of sp³-hybridized carbons (Fsp3) is 0.722. The predicted octanol–water partition coefficient (Wildman–Crippen LogP) is 2.76. The number of carbonyl (C=O) groups excluding carboxylic acids is 1. The van der Waals surface area contributed by atoms with Gasteiger partial charge in [-0.2, -0.15) is 0 Å². The fourth-order valence-corrected chi connectivity index (χ4v) is 1.95. The summed E-state index contributed by atoms with van der Waals surface area (Å²) >= 11 is 11.1. The van der Waals surface area contributed by atoms with Crippen molar-refractivity contribution >= 4 is 59.1 Å². The maximum atomic E-state index is 10.4. The van der Waals surface area contributed by atoms with Crippen molar-refractivity contribution in [1.29, 1.82) is 0 Å². The van der Waals surface area contributed by atoms with Crippen molar-refractivity contribution < 1.29 is 20.1 Å². The summed E-state index contributed by atoms with van der Waals surface area (Å²) in [6.45, 7) is 9.02. The Morgan fingerprint density at radius 3 is 1.20 bits per heavy atom. The molecular weight excluding hydrogens is 376 g/mol. The molecule has 0 fully saturated rings. The number of carbonyl (C=O) groups is 1. The molecular formula is C18H30O4S3. The van der Waals surface area contributed by atoms with Crippen molar-refractivity contribution in [3.8, 4) is 0 Å². The molecule has 0 saturated carbocycles. The first-order chi connectivity index (χ1) is 12.0. The molecule has 0 unspecified atom stereocenters. The molecule has 25 heavy (non-hydrogen) atoms. The Kier molecular flexibility index (Phi) is 49.7. The van der Waals surface area contributed by atoms with Crippen LogP contribution in [0, 0.1) is 6.92 Å². The average Bonchev–Trinajstić information content (AvgIpc) is 2.54. The topological polar surface area (TPSA) is 86.2 Å². The number of Topliss-reactive ketones (excluding diaryl/α,β-unsaturated/α-hetero) is 1. The van der Waals surface area contributed by atoms with Gasteiger partial charge in [-0.15, -0.1) is 36.7 Å². The van der Waals surface area contributed by atoms with Crippen molar-refractivity contribution in [2.24, 2.45) is 0 Å². The normalized spacial score (nSPS) is 8.28. The molecule has 0 aliphatic rings. The van der Waals surface area contributed by atoms with Gasteiger partial charge in [-0.05, 0) is 0 Å². The Hall–Kier alpha value is -0.660. The van der Waals surface area contributed by atoms with Crippen molar-refractivity contribution in [3.63, 3.8) is 0 Å². The number of hydrogen-bond donors (Lipinski definition) is 0. The molecule has 4 nitrogen and oxygen atoms in total. The summed E-state index contributed by atoms with van der Waals surface area (Å²) in [7, 11) is 0. The molecule has 0 bridgehead atoms. The zero-order valence-electron chi connectivity index (χ0n) is 15.1. The minimum absolute atomic E-state index is 0.333. The number of hydrogen-bond acceptors (Lipinski definition) is 7. The molecule has 0 aromatic rings. The summed E-state index contributed by atoms with van der Waals surface area (Å²) in [6.07, 6.45) is 14.7. The van der Waals surface area contributed by atoms with Gasteiger partial charge in [0.25, 0.3) is 0 Å². The summed E-state index contributed by atoms with van der Waals surface area (Å²) in [4.78, 5) is 10.4. The van der Waals surface area contributed by atoms with Crippen molar-refractivity contribution in [2.45, 2.75) is 84.0 Å². The second kappa shape index (κ2) is 38.7. The molecule has 0 amide bonds. The van der Waals surface area contributed by atoms with Gasteiger partial charge in [0.15, 0.2) is 0 Å². The van der Waals surface area contributed by atoms with E-state index >= 15 is 0 Å². The van der Waals surface area contributed by atoms with E-state index in [1.54, 1.807) is 0 Å². The molecule has 0 atom stereocenters.